The van der Waals surface area contributed by atoms with E-state index in [9.17, 15) is 0 Å². The molecule has 1 spiro atoms. The van der Waals surface area contributed by atoms with E-state index in [0.717, 1.165) is 29.3 Å². The lowest BCUT2D eigenvalue weighted by atomic mass is 9.75. The van der Waals surface area contributed by atoms with Crippen molar-refractivity contribution in [2.45, 2.75) is 12.0 Å². The van der Waals surface area contributed by atoms with Crippen LogP contribution in [-0.4, -0.2) is 18.6 Å². The molecule has 1 unspecified atom stereocenters. The van der Waals surface area contributed by atoms with Crippen LogP contribution in [0.5, 0.6) is 0 Å². The topological polar surface area (TPSA) is 55.3 Å². The van der Waals surface area contributed by atoms with Crippen LogP contribution >= 0.6 is 35.0 Å². The van der Waals surface area contributed by atoms with Gasteiger partial charge >= 0.3 is 0 Å². The van der Waals surface area contributed by atoms with Gasteiger partial charge in [0, 0.05) is 28.6 Å². The lowest BCUT2D eigenvalue weighted by Crippen LogP contribution is -2.55. The Bertz CT molecular complexity index is 841. The summed E-state index contributed by atoms with van der Waals surface area (Å²) in [6.07, 6.45) is 9.56. The molecule has 3 aliphatic rings. The highest BCUT2D eigenvalue weighted by molar-refractivity contribution is 8.07. The van der Waals surface area contributed by atoms with Crippen LogP contribution in [0.2, 0.25) is 10.0 Å². The molecule has 1 aromatic carbocycles. The van der Waals surface area contributed by atoms with E-state index in [4.69, 9.17) is 34.7 Å². The summed E-state index contributed by atoms with van der Waals surface area (Å²) < 4.78 is 0. The van der Waals surface area contributed by atoms with Crippen molar-refractivity contribution in [3.63, 3.8) is 0 Å². The molecule has 4 N–H and O–H groups in total. The van der Waals surface area contributed by atoms with Crippen molar-refractivity contribution in [1.82, 2.24) is 0 Å². The SMILES string of the molecule is NCC1=C(N)SC2=CC=CC3=CCCN(c4ccc(Cl)cc4Cl)C321. The molecule has 1 aliphatic carbocycles. The van der Waals surface area contributed by atoms with Crippen LogP contribution < -0.4 is 16.4 Å². The number of rotatable bonds is 2. The van der Waals surface area contributed by atoms with Gasteiger partial charge in [-0.3, -0.25) is 0 Å². The summed E-state index contributed by atoms with van der Waals surface area (Å²) >= 11 is 14.2. The minimum absolute atomic E-state index is 0.406. The fourth-order valence-corrected chi connectivity index (χ4v) is 5.59. The highest BCUT2D eigenvalue weighted by Gasteiger charge is 2.53. The molecule has 0 bridgehead atoms. The Morgan fingerprint density at radius 3 is 2.88 bits per heavy atom. The maximum Gasteiger partial charge on any atom is 0.122 e. The number of anilines is 1. The van der Waals surface area contributed by atoms with Gasteiger partial charge in [0.05, 0.1) is 15.7 Å². The molecule has 2 heterocycles. The third kappa shape index (κ3) is 2.10. The molecule has 4 rings (SSSR count). The summed E-state index contributed by atoms with van der Waals surface area (Å²) in [4.78, 5) is 3.51. The predicted octanol–water partition coefficient (Wildman–Crippen LogP) is 4.20. The monoisotopic (exact) mass is 377 g/mol. The standard InChI is InChI=1S/C18H17Cl2N3S/c19-12-6-7-15(14(20)9-12)23-8-2-4-11-3-1-5-16-18(11,23)13(10-21)17(22)24-16/h1,3-7,9H,2,8,10,21-22H2. The third-order valence-electron chi connectivity index (χ3n) is 4.78. The van der Waals surface area contributed by atoms with Crippen LogP contribution in [0, 0.1) is 0 Å². The smallest absolute Gasteiger partial charge is 0.122 e. The normalized spacial score (nSPS) is 25.4. The molecule has 0 amide bonds. The number of benzene rings is 1. The first-order valence-electron chi connectivity index (χ1n) is 7.78. The predicted molar refractivity (Wildman–Crippen MR) is 104 cm³/mol. The second kappa shape index (κ2) is 5.88. The minimum atomic E-state index is -0.437. The second-order valence-electron chi connectivity index (χ2n) is 5.94. The van der Waals surface area contributed by atoms with Crippen LogP contribution in [-0.2, 0) is 0 Å². The van der Waals surface area contributed by atoms with Crippen molar-refractivity contribution < 1.29 is 0 Å². The van der Waals surface area contributed by atoms with Gasteiger partial charge in [-0.1, -0.05) is 53.2 Å². The van der Waals surface area contributed by atoms with E-state index < -0.39 is 5.54 Å². The average molecular weight is 378 g/mol. The van der Waals surface area contributed by atoms with E-state index in [1.165, 1.54) is 10.5 Å². The molecule has 124 valence electrons. The fraction of sp³-hybridized carbons (Fsp3) is 0.222. The second-order valence-corrected chi connectivity index (χ2v) is 7.87. The molecule has 0 saturated heterocycles. The largest absolute Gasteiger partial charge is 0.393 e. The van der Waals surface area contributed by atoms with Crippen molar-refractivity contribution in [2.24, 2.45) is 11.5 Å². The lowest BCUT2D eigenvalue weighted by molar-refractivity contribution is 0.579. The van der Waals surface area contributed by atoms with Crippen molar-refractivity contribution in [3.8, 4) is 0 Å². The molecule has 3 nitrogen and oxygen atoms in total. The Labute approximate surface area is 155 Å². The number of nitrogens with zero attached hydrogens (tertiary/aromatic N) is 1. The molecule has 1 aromatic rings. The summed E-state index contributed by atoms with van der Waals surface area (Å²) in [5.41, 5.74) is 15.2. The fourth-order valence-electron chi connectivity index (χ4n) is 3.85. The zero-order chi connectivity index (χ0) is 16.9. The van der Waals surface area contributed by atoms with Gasteiger partial charge in [0.2, 0.25) is 0 Å². The Balaban J connectivity index is 1.97. The van der Waals surface area contributed by atoms with E-state index in [-0.39, 0.29) is 0 Å². The van der Waals surface area contributed by atoms with Crippen molar-refractivity contribution in [3.05, 3.63) is 73.6 Å². The maximum atomic E-state index is 6.54. The van der Waals surface area contributed by atoms with Crippen LogP contribution in [0.3, 0.4) is 0 Å². The highest BCUT2D eigenvalue weighted by Crippen LogP contribution is 2.57. The molecule has 24 heavy (non-hydrogen) atoms. The van der Waals surface area contributed by atoms with Crippen LogP contribution in [0.25, 0.3) is 0 Å². The summed E-state index contributed by atoms with van der Waals surface area (Å²) in [6.45, 7) is 1.25. The van der Waals surface area contributed by atoms with Crippen LogP contribution in [0.15, 0.2) is 63.6 Å². The number of halogens is 2. The summed E-state index contributed by atoms with van der Waals surface area (Å²) in [6, 6.07) is 5.63. The minimum Gasteiger partial charge on any atom is -0.393 e. The third-order valence-corrected chi connectivity index (χ3v) is 6.43. The quantitative estimate of drug-likeness (QED) is 0.810. The first-order chi connectivity index (χ1) is 11.6. The lowest BCUT2D eigenvalue weighted by Gasteiger charge is -2.49. The van der Waals surface area contributed by atoms with Gasteiger partial charge < -0.3 is 16.4 Å². The zero-order valence-electron chi connectivity index (χ0n) is 12.9. The van der Waals surface area contributed by atoms with Gasteiger partial charge in [-0.15, -0.1) is 0 Å². The number of thioether (sulfide) groups is 1. The molecular formula is C18H17Cl2N3S. The first kappa shape index (κ1) is 16.2. The Morgan fingerprint density at radius 2 is 2.12 bits per heavy atom. The average Bonchev–Trinajstić information content (AvgIpc) is 2.85. The Morgan fingerprint density at radius 1 is 1.29 bits per heavy atom. The van der Waals surface area contributed by atoms with E-state index in [1.807, 2.05) is 12.1 Å². The molecule has 0 radical (unpaired) electrons. The first-order valence-corrected chi connectivity index (χ1v) is 9.35. The van der Waals surface area contributed by atoms with Crippen molar-refractivity contribution in [2.75, 3.05) is 18.0 Å². The van der Waals surface area contributed by atoms with E-state index >= 15 is 0 Å². The molecule has 1 atom stereocenters. The van der Waals surface area contributed by atoms with Crippen LogP contribution in [0.1, 0.15) is 6.42 Å². The van der Waals surface area contributed by atoms with Crippen molar-refractivity contribution >= 4 is 40.7 Å². The molecule has 2 aliphatic heterocycles. The molecule has 0 fully saturated rings. The number of hydrogen-bond acceptors (Lipinski definition) is 4. The van der Waals surface area contributed by atoms with E-state index in [2.05, 4.69) is 29.2 Å². The summed E-state index contributed by atoms with van der Waals surface area (Å²) in [5.74, 6) is 0. The molecule has 0 saturated carbocycles. The highest BCUT2D eigenvalue weighted by atomic mass is 35.5. The van der Waals surface area contributed by atoms with Crippen LogP contribution in [0.4, 0.5) is 5.69 Å². The number of allylic oxidation sites excluding steroid dienone is 2. The Hall–Kier alpha value is -1.33. The molecular weight excluding hydrogens is 361 g/mol. The van der Waals surface area contributed by atoms with Gasteiger partial charge in [-0.2, -0.15) is 0 Å². The summed E-state index contributed by atoms with van der Waals surface area (Å²) in [7, 11) is 0. The van der Waals surface area contributed by atoms with Gasteiger partial charge in [0.1, 0.15) is 5.54 Å². The van der Waals surface area contributed by atoms with Gasteiger partial charge in [0.15, 0.2) is 0 Å². The molecule has 0 aromatic heterocycles. The zero-order valence-corrected chi connectivity index (χ0v) is 15.3. The number of nitrogens with two attached hydrogens (primary N) is 2. The van der Waals surface area contributed by atoms with Gasteiger partial charge in [-0.25, -0.2) is 0 Å². The number of hydrogen-bond donors (Lipinski definition) is 2. The van der Waals surface area contributed by atoms with E-state index in [0.29, 0.717) is 16.6 Å². The van der Waals surface area contributed by atoms with Gasteiger partial charge in [-0.05, 0) is 36.3 Å². The Kier molecular flexibility index (Phi) is 3.96. The molecule has 6 heteroatoms. The summed E-state index contributed by atoms with van der Waals surface area (Å²) in [5, 5.41) is 2.05. The van der Waals surface area contributed by atoms with Crippen molar-refractivity contribution in [1.29, 1.82) is 0 Å². The van der Waals surface area contributed by atoms with Gasteiger partial charge in [0.25, 0.3) is 0 Å². The maximum absolute atomic E-state index is 6.54. The van der Waals surface area contributed by atoms with E-state index in [1.54, 1.807) is 17.8 Å².